The summed E-state index contributed by atoms with van der Waals surface area (Å²) in [5, 5.41) is 0. The van der Waals surface area contributed by atoms with E-state index in [1.54, 1.807) is 0 Å². The van der Waals surface area contributed by atoms with Crippen molar-refractivity contribution in [3.8, 4) is 0 Å². The molecule has 0 aromatic carbocycles. The lowest BCUT2D eigenvalue weighted by Gasteiger charge is -2.35. The van der Waals surface area contributed by atoms with Gasteiger partial charge in [0.25, 0.3) is 0 Å². The molecule has 88 valence electrons. The molecule has 2 aliphatic heterocycles. The third-order valence-corrected chi connectivity index (χ3v) is 4.48. The van der Waals surface area contributed by atoms with E-state index >= 15 is 0 Å². The molecule has 1 N–H and O–H groups in total. The minimum absolute atomic E-state index is 0.623. The zero-order chi connectivity index (χ0) is 11.1. The van der Waals surface area contributed by atoms with Crippen molar-refractivity contribution in [3.63, 3.8) is 0 Å². The molecule has 3 nitrogen and oxygen atoms in total. The zero-order valence-corrected chi connectivity index (χ0v) is 10.6. The van der Waals surface area contributed by atoms with E-state index in [9.17, 15) is 0 Å². The molecule has 2 saturated heterocycles. The summed E-state index contributed by atoms with van der Waals surface area (Å²) < 4.78 is 3.22. The first-order valence-corrected chi connectivity index (χ1v) is 6.67. The second-order valence-electron chi connectivity index (χ2n) is 5.12. The molecule has 0 spiro atoms. The third-order valence-electron chi connectivity index (χ3n) is 4.16. The Hall–Kier alpha value is -0.610. The van der Waals surface area contributed by atoms with Gasteiger partial charge in [0.2, 0.25) is 0 Å². The van der Waals surface area contributed by atoms with Crippen molar-refractivity contribution in [2.75, 3.05) is 13.1 Å². The Morgan fingerprint density at radius 1 is 1.31 bits per heavy atom. The number of rotatable bonds is 1. The Morgan fingerprint density at radius 2 is 2.19 bits per heavy atom. The second kappa shape index (κ2) is 4.00. The second-order valence-corrected chi connectivity index (χ2v) is 5.50. The van der Waals surface area contributed by atoms with Crippen LogP contribution in [0.4, 0.5) is 0 Å². The molecule has 16 heavy (non-hydrogen) atoms. The van der Waals surface area contributed by atoms with E-state index in [2.05, 4.69) is 21.4 Å². The molecule has 0 radical (unpaired) electrons. The zero-order valence-electron chi connectivity index (χ0n) is 9.78. The minimum atomic E-state index is 0.623. The highest BCUT2D eigenvalue weighted by Crippen LogP contribution is 2.33. The molecule has 0 bridgehead atoms. The van der Waals surface area contributed by atoms with Crippen molar-refractivity contribution in [2.24, 2.45) is 0 Å². The van der Waals surface area contributed by atoms with Crippen molar-refractivity contribution in [2.45, 2.75) is 44.7 Å². The molecule has 0 aliphatic carbocycles. The molecule has 3 heterocycles. The van der Waals surface area contributed by atoms with Crippen LogP contribution in [0.5, 0.6) is 0 Å². The topological polar surface area (TPSA) is 24.0 Å². The largest absolute Gasteiger partial charge is 0.337 e. The first-order valence-electron chi connectivity index (χ1n) is 6.26. The van der Waals surface area contributed by atoms with Gasteiger partial charge in [0.1, 0.15) is 0 Å². The number of fused-ring (bicyclic) bond motifs is 1. The fraction of sp³-hybridized carbons (Fsp3) is 0.750. The van der Waals surface area contributed by atoms with Crippen LogP contribution < -0.4 is 0 Å². The highest BCUT2D eigenvalue weighted by atomic mass is 32.1. The highest BCUT2D eigenvalue weighted by molar-refractivity contribution is 7.71. The van der Waals surface area contributed by atoms with Gasteiger partial charge in [0.15, 0.2) is 4.77 Å². The van der Waals surface area contributed by atoms with Crippen LogP contribution in [0.2, 0.25) is 0 Å². The van der Waals surface area contributed by atoms with Crippen molar-refractivity contribution in [3.05, 3.63) is 16.7 Å². The number of nitrogens with zero attached hydrogens (tertiary/aromatic N) is 2. The van der Waals surface area contributed by atoms with Gasteiger partial charge in [-0.15, -0.1) is 0 Å². The van der Waals surface area contributed by atoms with Gasteiger partial charge < -0.3 is 14.5 Å². The molecule has 2 unspecified atom stereocenters. The maximum absolute atomic E-state index is 5.37. The predicted molar refractivity (Wildman–Crippen MR) is 67.2 cm³/mol. The summed E-state index contributed by atoms with van der Waals surface area (Å²) in [4.78, 5) is 5.81. The number of imidazole rings is 1. The maximum atomic E-state index is 5.37. The van der Waals surface area contributed by atoms with Gasteiger partial charge in [0.05, 0.1) is 0 Å². The van der Waals surface area contributed by atoms with E-state index in [0.717, 1.165) is 10.8 Å². The molecular formula is C12H19N3S. The van der Waals surface area contributed by atoms with Gasteiger partial charge >= 0.3 is 0 Å². The molecule has 2 fully saturated rings. The van der Waals surface area contributed by atoms with Crippen LogP contribution in [-0.4, -0.2) is 33.6 Å². The molecule has 0 saturated carbocycles. The molecule has 2 aliphatic rings. The lowest BCUT2D eigenvalue weighted by Crippen LogP contribution is -2.38. The van der Waals surface area contributed by atoms with E-state index in [1.807, 2.05) is 6.20 Å². The van der Waals surface area contributed by atoms with Gasteiger partial charge in [-0.3, -0.25) is 0 Å². The summed E-state index contributed by atoms with van der Waals surface area (Å²) in [5.41, 5.74) is 1.28. The molecule has 1 aromatic heterocycles. The van der Waals surface area contributed by atoms with Gasteiger partial charge in [-0.1, -0.05) is 0 Å². The van der Waals surface area contributed by atoms with Gasteiger partial charge in [-0.05, 0) is 51.4 Å². The fourth-order valence-electron chi connectivity index (χ4n) is 3.36. The first-order chi connectivity index (χ1) is 7.75. The van der Waals surface area contributed by atoms with E-state index in [4.69, 9.17) is 12.2 Å². The number of aromatic nitrogens is 2. The Kier molecular flexibility index (Phi) is 2.64. The molecule has 2 atom stereocenters. The predicted octanol–water partition coefficient (Wildman–Crippen LogP) is 2.65. The van der Waals surface area contributed by atoms with E-state index in [0.29, 0.717) is 6.04 Å². The quantitative estimate of drug-likeness (QED) is 0.759. The molecule has 0 amide bonds. The Labute approximate surface area is 101 Å². The smallest absolute Gasteiger partial charge is 0.177 e. The summed E-state index contributed by atoms with van der Waals surface area (Å²) >= 11 is 5.37. The maximum Gasteiger partial charge on any atom is 0.177 e. The summed E-state index contributed by atoms with van der Waals surface area (Å²) in [6.45, 7) is 4.71. The van der Waals surface area contributed by atoms with Crippen LogP contribution in [0, 0.1) is 11.7 Å². The standard InChI is InChI=1S/C12H19N3S/c1-9-8-13-12(16)15(9)11-4-6-14-5-2-3-10(14)7-11/h8,10-11H,2-7H2,1H3,(H,13,16). The van der Waals surface area contributed by atoms with E-state index in [1.165, 1.54) is 44.5 Å². The van der Waals surface area contributed by atoms with Crippen LogP contribution in [0.15, 0.2) is 6.20 Å². The van der Waals surface area contributed by atoms with Crippen LogP contribution in [0.1, 0.15) is 37.4 Å². The first kappa shape index (κ1) is 10.5. The average Bonchev–Trinajstić information content (AvgIpc) is 2.85. The number of H-pyrrole nitrogens is 1. The third kappa shape index (κ3) is 1.64. The number of piperidine rings is 1. The van der Waals surface area contributed by atoms with Crippen LogP contribution in [0.25, 0.3) is 0 Å². The number of aryl methyl sites for hydroxylation is 1. The van der Waals surface area contributed by atoms with E-state index < -0.39 is 0 Å². The highest BCUT2D eigenvalue weighted by Gasteiger charge is 2.32. The van der Waals surface area contributed by atoms with Crippen molar-refractivity contribution < 1.29 is 0 Å². The summed E-state index contributed by atoms with van der Waals surface area (Å²) in [7, 11) is 0. The van der Waals surface area contributed by atoms with E-state index in [-0.39, 0.29) is 0 Å². The van der Waals surface area contributed by atoms with Crippen LogP contribution >= 0.6 is 12.2 Å². The van der Waals surface area contributed by atoms with Gasteiger partial charge in [-0.25, -0.2) is 0 Å². The van der Waals surface area contributed by atoms with Gasteiger partial charge in [0, 0.05) is 30.5 Å². The lowest BCUT2D eigenvalue weighted by molar-refractivity contribution is 0.154. The number of hydrogen-bond donors (Lipinski definition) is 1. The van der Waals surface area contributed by atoms with Crippen LogP contribution in [0.3, 0.4) is 0 Å². The van der Waals surface area contributed by atoms with Crippen molar-refractivity contribution in [1.82, 2.24) is 14.5 Å². The normalized spacial score (nSPS) is 30.6. The van der Waals surface area contributed by atoms with Gasteiger partial charge in [-0.2, -0.15) is 0 Å². The number of aromatic amines is 1. The van der Waals surface area contributed by atoms with Crippen LogP contribution in [-0.2, 0) is 0 Å². The van der Waals surface area contributed by atoms with Crippen molar-refractivity contribution in [1.29, 1.82) is 0 Å². The minimum Gasteiger partial charge on any atom is -0.337 e. The molecule has 3 rings (SSSR count). The monoisotopic (exact) mass is 237 g/mol. The summed E-state index contributed by atoms with van der Waals surface area (Å²) in [6, 6.07) is 1.44. The SMILES string of the molecule is Cc1c[nH]c(=S)n1C1CCN2CCCC2C1. The Bertz CT molecular complexity index is 434. The summed E-state index contributed by atoms with van der Waals surface area (Å²) in [6.07, 6.45) is 7.34. The number of hydrogen-bond acceptors (Lipinski definition) is 2. The Balaban J connectivity index is 1.84. The Morgan fingerprint density at radius 3 is 2.94 bits per heavy atom. The lowest BCUT2D eigenvalue weighted by atomic mass is 9.97. The average molecular weight is 237 g/mol. The summed E-state index contributed by atoms with van der Waals surface area (Å²) in [5.74, 6) is 0. The molecular weight excluding hydrogens is 218 g/mol. The number of nitrogens with one attached hydrogen (secondary N) is 1. The molecule has 1 aromatic rings. The fourth-order valence-corrected chi connectivity index (χ4v) is 3.71. The molecule has 4 heteroatoms. The van der Waals surface area contributed by atoms with Crippen molar-refractivity contribution >= 4 is 12.2 Å².